The second-order valence-electron chi connectivity index (χ2n) is 2.94. The molecule has 6 heteroatoms. The monoisotopic (exact) mass is 220 g/mol. The summed E-state index contributed by atoms with van der Waals surface area (Å²) in [6.45, 7) is 0. The molecule has 0 radical (unpaired) electrons. The molecule has 1 aromatic carbocycles. The Balaban J connectivity index is 2.36. The minimum absolute atomic E-state index is 0.0566. The molecule has 0 spiro atoms. The molecular weight excluding hydrogens is 212 g/mol. The fourth-order valence-electron chi connectivity index (χ4n) is 1.33. The Bertz CT molecular complexity index is 469. The number of carbonyl (C=O) groups is 1. The van der Waals surface area contributed by atoms with Crippen molar-refractivity contribution < 1.29 is 4.79 Å². The minimum Gasteiger partial charge on any atom is -0.375 e. The van der Waals surface area contributed by atoms with E-state index in [1.807, 2.05) is 6.07 Å². The quantitative estimate of drug-likeness (QED) is 0.457. The van der Waals surface area contributed by atoms with Gasteiger partial charge in [0.05, 0.1) is 5.56 Å². The highest BCUT2D eigenvalue weighted by molar-refractivity contribution is 7.80. The Labute approximate surface area is 91.3 Å². The van der Waals surface area contributed by atoms with Crippen molar-refractivity contribution in [3.8, 4) is 0 Å². The molecule has 5 nitrogen and oxygen atoms in total. The van der Waals surface area contributed by atoms with Gasteiger partial charge in [0.1, 0.15) is 0 Å². The van der Waals surface area contributed by atoms with Gasteiger partial charge in [-0.05, 0) is 18.3 Å². The number of thiocarbonyl (C=S) groups is 1. The number of hydrogen-bond acceptors (Lipinski definition) is 3. The number of rotatable bonds is 1. The lowest BCUT2D eigenvalue weighted by atomic mass is 10.1. The van der Waals surface area contributed by atoms with Crippen molar-refractivity contribution in [3.05, 3.63) is 35.4 Å². The number of fused-ring (bicyclic) bond motifs is 1. The van der Waals surface area contributed by atoms with Crippen LogP contribution < -0.4 is 16.5 Å². The summed E-state index contributed by atoms with van der Waals surface area (Å²) in [5.41, 5.74) is 9.00. The van der Waals surface area contributed by atoms with Gasteiger partial charge in [0.25, 0.3) is 5.91 Å². The maximum atomic E-state index is 11.4. The van der Waals surface area contributed by atoms with Gasteiger partial charge in [-0.2, -0.15) is 5.10 Å². The van der Waals surface area contributed by atoms with E-state index in [2.05, 4.69) is 28.1 Å². The van der Waals surface area contributed by atoms with Gasteiger partial charge < -0.3 is 11.1 Å². The fraction of sp³-hybridized carbons (Fsp3) is 0. The summed E-state index contributed by atoms with van der Waals surface area (Å²) in [4.78, 5) is 11.4. The van der Waals surface area contributed by atoms with Crippen LogP contribution in [0, 0.1) is 0 Å². The molecule has 4 N–H and O–H groups in total. The summed E-state index contributed by atoms with van der Waals surface area (Å²) in [6.07, 6.45) is 0. The molecule has 15 heavy (non-hydrogen) atoms. The third kappa shape index (κ3) is 1.79. The molecule has 0 saturated heterocycles. The minimum atomic E-state index is -0.172. The van der Waals surface area contributed by atoms with E-state index in [0.29, 0.717) is 11.4 Å². The molecule has 1 aliphatic rings. The molecule has 1 amide bonds. The lowest BCUT2D eigenvalue weighted by Gasteiger charge is -1.99. The number of nitrogens with zero attached hydrogens (tertiary/aromatic N) is 1. The van der Waals surface area contributed by atoms with Crippen LogP contribution in [-0.2, 0) is 0 Å². The summed E-state index contributed by atoms with van der Waals surface area (Å²) >= 11 is 4.61. The number of nitrogens with two attached hydrogens (primary N) is 1. The summed E-state index contributed by atoms with van der Waals surface area (Å²) in [6, 6.07) is 7.15. The predicted molar refractivity (Wildman–Crippen MR) is 60.4 cm³/mol. The maximum Gasteiger partial charge on any atom is 0.257 e. The van der Waals surface area contributed by atoms with E-state index in [-0.39, 0.29) is 11.0 Å². The van der Waals surface area contributed by atoms with Crippen LogP contribution in [0.5, 0.6) is 0 Å². The van der Waals surface area contributed by atoms with Crippen LogP contribution in [0.25, 0.3) is 0 Å². The first-order chi connectivity index (χ1) is 7.18. The van der Waals surface area contributed by atoms with Gasteiger partial charge in [-0.25, -0.2) is 0 Å². The zero-order valence-corrected chi connectivity index (χ0v) is 8.47. The van der Waals surface area contributed by atoms with Crippen LogP contribution in [-0.4, -0.2) is 16.9 Å². The van der Waals surface area contributed by atoms with Crippen LogP contribution >= 0.6 is 12.2 Å². The van der Waals surface area contributed by atoms with E-state index in [4.69, 9.17) is 5.73 Å². The van der Waals surface area contributed by atoms with Gasteiger partial charge in [-0.15, -0.1) is 0 Å². The molecule has 0 aliphatic carbocycles. The van der Waals surface area contributed by atoms with E-state index in [1.54, 1.807) is 18.2 Å². The van der Waals surface area contributed by atoms with Crippen LogP contribution in [0.4, 0.5) is 0 Å². The average molecular weight is 220 g/mol. The number of nitrogens with one attached hydrogen (secondary N) is 2. The van der Waals surface area contributed by atoms with Gasteiger partial charge in [0.15, 0.2) is 10.9 Å². The third-order valence-electron chi connectivity index (χ3n) is 1.94. The molecule has 0 saturated carbocycles. The maximum absolute atomic E-state index is 11.4. The molecule has 0 unspecified atom stereocenters. The molecule has 0 fully saturated rings. The Morgan fingerprint density at radius 1 is 1.40 bits per heavy atom. The largest absolute Gasteiger partial charge is 0.375 e. The normalized spacial score (nSPS) is 16.0. The van der Waals surface area contributed by atoms with Crippen molar-refractivity contribution in [2.75, 3.05) is 0 Å². The fourth-order valence-corrected chi connectivity index (χ4v) is 1.37. The second-order valence-corrected chi connectivity index (χ2v) is 3.38. The summed E-state index contributed by atoms with van der Waals surface area (Å²) in [5.74, 6) is 0.262. The zero-order valence-electron chi connectivity index (χ0n) is 7.65. The zero-order chi connectivity index (χ0) is 10.8. The SMILES string of the molecule is NC(=S)N/N=C1/NC(=O)c2ccccc21. The highest BCUT2D eigenvalue weighted by Crippen LogP contribution is 2.14. The first-order valence-electron chi connectivity index (χ1n) is 4.22. The van der Waals surface area contributed by atoms with E-state index in [9.17, 15) is 4.79 Å². The Morgan fingerprint density at radius 3 is 2.73 bits per heavy atom. The van der Waals surface area contributed by atoms with E-state index in [1.165, 1.54) is 0 Å². The van der Waals surface area contributed by atoms with Crippen molar-refractivity contribution in [2.45, 2.75) is 0 Å². The number of amides is 1. The highest BCUT2D eigenvalue weighted by Gasteiger charge is 2.24. The van der Waals surface area contributed by atoms with E-state index in [0.717, 1.165) is 5.56 Å². The first-order valence-corrected chi connectivity index (χ1v) is 4.63. The lowest BCUT2D eigenvalue weighted by Crippen LogP contribution is -2.29. The topological polar surface area (TPSA) is 79.5 Å². The molecule has 0 bridgehead atoms. The third-order valence-corrected chi connectivity index (χ3v) is 2.03. The molecule has 0 atom stereocenters. The molecule has 1 aliphatic heterocycles. The highest BCUT2D eigenvalue weighted by atomic mass is 32.1. The van der Waals surface area contributed by atoms with Crippen LogP contribution in [0.15, 0.2) is 29.4 Å². The van der Waals surface area contributed by atoms with Gasteiger partial charge >= 0.3 is 0 Å². The van der Waals surface area contributed by atoms with Crippen molar-refractivity contribution in [3.63, 3.8) is 0 Å². The first kappa shape index (κ1) is 9.60. The number of hydrazone groups is 1. The van der Waals surface area contributed by atoms with Crippen LogP contribution in [0.1, 0.15) is 15.9 Å². The van der Waals surface area contributed by atoms with Gasteiger partial charge in [-0.1, -0.05) is 18.2 Å². The molecule has 76 valence electrons. The summed E-state index contributed by atoms with van der Waals surface area (Å²) in [5, 5.41) is 6.55. The Morgan fingerprint density at radius 2 is 2.07 bits per heavy atom. The predicted octanol–water partition coefficient (Wildman–Crippen LogP) is -0.0752. The number of hydrogen-bond donors (Lipinski definition) is 3. The van der Waals surface area contributed by atoms with Crippen molar-refractivity contribution >= 4 is 29.1 Å². The molecule has 2 rings (SSSR count). The molecular formula is C9H8N4OS. The number of amidine groups is 1. The number of benzene rings is 1. The molecule has 1 aromatic rings. The van der Waals surface area contributed by atoms with E-state index < -0.39 is 0 Å². The van der Waals surface area contributed by atoms with Gasteiger partial charge in [0, 0.05) is 5.56 Å². The smallest absolute Gasteiger partial charge is 0.257 e. The van der Waals surface area contributed by atoms with Crippen molar-refractivity contribution in [2.24, 2.45) is 10.8 Å². The van der Waals surface area contributed by atoms with Gasteiger partial charge in [-0.3, -0.25) is 10.2 Å². The van der Waals surface area contributed by atoms with Crippen LogP contribution in [0.2, 0.25) is 0 Å². The molecule has 0 aromatic heterocycles. The van der Waals surface area contributed by atoms with Gasteiger partial charge in [0.2, 0.25) is 0 Å². The Kier molecular flexibility index (Phi) is 2.34. The number of carbonyl (C=O) groups excluding carboxylic acids is 1. The molecule has 1 heterocycles. The Hall–Kier alpha value is -1.95. The van der Waals surface area contributed by atoms with Crippen LogP contribution in [0.3, 0.4) is 0 Å². The van der Waals surface area contributed by atoms with E-state index >= 15 is 0 Å². The summed E-state index contributed by atoms with van der Waals surface area (Å²) in [7, 11) is 0. The lowest BCUT2D eigenvalue weighted by molar-refractivity contribution is 0.0983. The van der Waals surface area contributed by atoms with Crippen molar-refractivity contribution in [1.82, 2.24) is 10.7 Å². The standard InChI is InChI=1S/C9H8N4OS/c10-9(15)13-12-7-5-3-1-2-4-6(5)8(14)11-7/h1-4H,(H3,10,13,15)(H,11,12,14). The van der Waals surface area contributed by atoms with Crippen molar-refractivity contribution in [1.29, 1.82) is 0 Å². The second kappa shape index (κ2) is 3.66. The summed E-state index contributed by atoms with van der Waals surface area (Å²) < 4.78 is 0. The average Bonchev–Trinajstić information content (AvgIpc) is 2.54.